The van der Waals surface area contributed by atoms with Crippen molar-refractivity contribution in [2.24, 2.45) is 0 Å². The van der Waals surface area contributed by atoms with Crippen molar-refractivity contribution in [3.63, 3.8) is 0 Å². The first-order valence-corrected chi connectivity index (χ1v) is 15.5. The van der Waals surface area contributed by atoms with E-state index in [2.05, 4.69) is 106 Å². The van der Waals surface area contributed by atoms with Crippen molar-refractivity contribution in [1.29, 1.82) is 0 Å². The summed E-state index contributed by atoms with van der Waals surface area (Å²) in [5.74, 6) is 2.03. The van der Waals surface area contributed by atoms with Crippen molar-refractivity contribution in [2.45, 2.75) is 19.9 Å². The first kappa shape index (κ1) is 30.0. The summed E-state index contributed by atoms with van der Waals surface area (Å²) in [6, 6.07) is 29.8. The Morgan fingerprint density at radius 2 is 1.50 bits per heavy atom. The lowest BCUT2D eigenvalue weighted by Gasteiger charge is -2.38. The van der Waals surface area contributed by atoms with Crippen molar-refractivity contribution >= 4 is 29.3 Å². The number of benzene rings is 4. The van der Waals surface area contributed by atoms with Crippen LogP contribution in [0.4, 0.5) is 0 Å². The molecule has 44 heavy (non-hydrogen) atoms. The maximum absolute atomic E-state index is 6.24. The Balaban J connectivity index is 1.30. The van der Waals surface area contributed by atoms with Crippen LogP contribution in [0.25, 0.3) is 11.8 Å². The highest BCUT2D eigenvalue weighted by Crippen LogP contribution is 2.34. The van der Waals surface area contributed by atoms with Gasteiger partial charge in [-0.1, -0.05) is 96.0 Å². The van der Waals surface area contributed by atoms with Crippen LogP contribution in [-0.4, -0.2) is 62.7 Å². The molecule has 7 nitrogen and oxygen atoms in total. The molecule has 224 valence electrons. The van der Waals surface area contributed by atoms with Gasteiger partial charge in [-0.15, -0.1) is 5.10 Å². The summed E-state index contributed by atoms with van der Waals surface area (Å²) in [7, 11) is 0. The molecule has 0 unspecified atom stereocenters. The SMILES string of the molecule is Cc1cccc(C)c1-n1nnnc1[C@@H](c1cccc(Oc2cc(Cl)cc(Cl)c2)c1)N1CCN(CC=Cc2ccccc2)CC1. The van der Waals surface area contributed by atoms with Gasteiger partial charge < -0.3 is 4.74 Å². The molecule has 6 rings (SSSR count). The Kier molecular flexibility index (Phi) is 9.38. The lowest BCUT2D eigenvalue weighted by atomic mass is 10.0. The Morgan fingerprint density at radius 3 is 2.23 bits per heavy atom. The molecule has 4 aromatic carbocycles. The fourth-order valence-electron chi connectivity index (χ4n) is 5.76. The molecular weight excluding hydrogens is 591 g/mol. The molecule has 9 heteroatoms. The zero-order chi connectivity index (χ0) is 30.5. The summed E-state index contributed by atoms with van der Waals surface area (Å²) in [4.78, 5) is 4.94. The second-order valence-corrected chi connectivity index (χ2v) is 11.9. The minimum atomic E-state index is -0.197. The van der Waals surface area contributed by atoms with Crippen LogP contribution in [-0.2, 0) is 0 Å². The van der Waals surface area contributed by atoms with Crippen LogP contribution in [0, 0.1) is 13.8 Å². The van der Waals surface area contributed by atoms with E-state index < -0.39 is 0 Å². The summed E-state index contributed by atoms with van der Waals surface area (Å²) in [6.45, 7) is 8.66. The van der Waals surface area contributed by atoms with Gasteiger partial charge >= 0.3 is 0 Å². The van der Waals surface area contributed by atoms with Crippen molar-refractivity contribution in [3.05, 3.63) is 135 Å². The molecule has 1 saturated heterocycles. The Bertz CT molecular complexity index is 1710. The van der Waals surface area contributed by atoms with Crippen LogP contribution in [0.2, 0.25) is 10.0 Å². The van der Waals surface area contributed by atoms with Crippen LogP contribution in [0.1, 0.15) is 34.1 Å². The van der Waals surface area contributed by atoms with Crippen molar-refractivity contribution in [2.75, 3.05) is 32.7 Å². The number of aromatic nitrogens is 4. The van der Waals surface area contributed by atoms with Crippen LogP contribution < -0.4 is 4.74 Å². The molecule has 1 aromatic heterocycles. The minimum absolute atomic E-state index is 0.197. The average molecular weight is 626 g/mol. The molecule has 1 aliphatic rings. The van der Waals surface area contributed by atoms with E-state index in [1.807, 2.05) is 22.9 Å². The summed E-state index contributed by atoms with van der Waals surface area (Å²) in [6.07, 6.45) is 4.43. The van der Waals surface area contributed by atoms with E-state index in [1.165, 1.54) is 5.56 Å². The number of tetrazole rings is 1. The monoisotopic (exact) mass is 624 g/mol. The Labute approximate surface area is 268 Å². The molecular formula is C35H34Cl2N6O. The molecule has 0 radical (unpaired) electrons. The van der Waals surface area contributed by atoms with Crippen molar-refractivity contribution in [1.82, 2.24) is 30.0 Å². The van der Waals surface area contributed by atoms with Crippen LogP contribution in [0.5, 0.6) is 11.5 Å². The average Bonchev–Trinajstić information content (AvgIpc) is 3.47. The highest BCUT2D eigenvalue weighted by atomic mass is 35.5. The molecule has 0 aliphatic carbocycles. The van der Waals surface area contributed by atoms with E-state index in [4.69, 9.17) is 27.9 Å². The molecule has 0 N–H and O–H groups in total. The van der Waals surface area contributed by atoms with Gasteiger partial charge in [0, 0.05) is 42.8 Å². The number of piperazine rings is 1. The van der Waals surface area contributed by atoms with Gasteiger partial charge in [0.1, 0.15) is 11.5 Å². The first-order chi connectivity index (χ1) is 21.4. The number of hydrogen-bond donors (Lipinski definition) is 0. The maximum atomic E-state index is 6.24. The summed E-state index contributed by atoms with van der Waals surface area (Å²) >= 11 is 12.5. The third kappa shape index (κ3) is 7.03. The molecule has 0 amide bonds. The molecule has 1 aliphatic heterocycles. The fourth-order valence-corrected chi connectivity index (χ4v) is 6.27. The van der Waals surface area contributed by atoms with E-state index in [0.29, 0.717) is 21.5 Å². The summed E-state index contributed by atoms with van der Waals surface area (Å²) in [5.41, 5.74) is 5.48. The highest BCUT2D eigenvalue weighted by Gasteiger charge is 2.31. The molecule has 0 bridgehead atoms. The predicted molar refractivity (Wildman–Crippen MR) is 177 cm³/mol. The zero-order valence-electron chi connectivity index (χ0n) is 24.8. The van der Waals surface area contributed by atoms with Gasteiger partial charge in [-0.2, -0.15) is 4.68 Å². The quantitative estimate of drug-likeness (QED) is 0.167. The summed E-state index contributed by atoms with van der Waals surface area (Å²) in [5, 5.41) is 14.3. The van der Waals surface area contributed by atoms with Gasteiger partial charge in [0.05, 0.1) is 11.7 Å². The number of nitrogens with zero attached hydrogens (tertiary/aromatic N) is 6. The lowest BCUT2D eigenvalue weighted by Crippen LogP contribution is -2.48. The number of halogens is 2. The molecule has 5 aromatic rings. The van der Waals surface area contributed by atoms with Gasteiger partial charge in [0.2, 0.25) is 0 Å². The standard InChI is InChI=1S/C35H34Cl2N6O/c1-25-9-6-10-26(2)33(25)43-35(38-39-40-43)34(28-14-7-15-31(21-28)44-32-23-29(36)22-30(37)24-32)42-19-17-41(18-20-42)16-8-13-27-11-4-3-5-12-27/h3-15,21-24,34H,16-20H2,1-2H3/t34-/m1/s1. The molecule has 0 spiro atoms. The third-order valence-corrected chi connectivity index (χ3v) is 8.32. The van der Waals surface area contributed by atoms with Crippen LogP contribution >= 0.6 is 23.2 Å². The van der Waals surface area contributed by atoms with E-state index >= 15 is 0 Å². The van der Waals surface area contributed by atoms with Gasteiger partial charge in [-0.05, 0) is 76.9 Å². The number of hydrogen-bond acceptors (Lipinski definition) is 6. The number of para-hydroxylation sites is 1. The number of aryl methyl sites for hydroxylation is 2. The summed E-state index contributed by atoms with van der Waals surface area (Å²) < 4.78 is 8.12. The number of ether oxygens (including phenoxy) is 1. The van der Waals surface area contributed by atoms with Gasteiger partial charge in [-0.25, -0.2) is 0 Å². The van der Waals surface area contributed by atoms with Gasteiger partial charge in [0.25, 0.3) is 0 Å². The molecule has 2 heterocycles. The maximum Gasteiger partial charge on any atom is 0.178 e. The Morgan fingerprint density at radius 1 is 0.795 bits per heavy atom. The van der Waals surface area contributed by atoms with Gasteiger partial charge in [-0.3, -0.25) is 9.80 Å². The third-order valence-electron chi connectivity index (χ3n) is 7.88. The first-order valence-electron chi connectivity index (χ1n) is 14.7. The lowest BCUT2D eigenvalue weighted by molar-refractivity contribution is 0.113. The van der Waals surface area contributed by atoms with Crippen molar-refractivity contribution in [3.8, 4) is 17.2 Å². The van der Waals surface area contributed by atoms with Crippen LogP contribution in [0.3, 0.4) is 0 Å². The second kappa shape index (κ2) is 13.7. The molecule has 1 fully saturated rings. The highest BCUT2D eigenvalue weighted by molar-refractivity contribution is 6.34. The fraction of sp³-hybridized carbons (Fsp3) is 0.229. The Hall–Kier alpha value is -4.01. The predicted octanol–water partition coefficient (Wildman–Crippen LogP) is 7.80. The number of rotatable bonds is 9. The normalized spacial score (nSPS) is 15.1. The van der Waals surface area contributed by atoms with E-state index in [1.54, 1.807) is 18.2 Å². The van der Waals surface area contributed by atoms with E-state index in [-0.39, 0.29) is 6.04 Å². The van der Waals surface area contributed by atoms with E-state index in [0.717, 1.165) is 60.9 Å². The molecule has 0 saturated carbocycles. The van der Waals surface area contributed by atoms with Gasteiger partial charge in [0.15, 0.2) is 5.82 Å². The van der Waals surface area contributed by atoms with Crippen LogP contribution in [0.15, 0.2) is 97.1 Å². The second-order valence-electron chi connectivity index (χ2n) is 11.0. The largest absolute Gasteiger partial charge is 0.457 e. The topological polar surface area (TPSA) is 59.3 Å². The molecule has 1 atom stereocenters. The smallest absolute Gasteiger partial charge is 0.178 e. The van der Waals surface area contributed by atoms with E-state index in [9.17, 15) is 0 Å². The zero-order valence-corrected chi connectivity index (χ0v) is 26.3. The van der Waals surface area contributed by atoms with Crippen molar-refractivity contribution < 1.29 is 4.74 Å². The minimum Gasteiger partial charge on any atom is -0.457 e.